The highest BCUT2D eigenvalue weighted by atomic mass is 35.5. The van der Waals surface area contributed by atoms with Crippen molar-refractivity contribution in [1.82, 2.24) is 4.72 Å². The number of halogens is 2. The molecule has 0 fully saturated rings. The Balaban J connectivity index is 3.10. The molecule has 0 amide bonds. The van der Waals surface area contributed by atoms with Gasteiger partial charge in [-0.3, -0.25) is 4.79 Å². The van der Waals surface area contributed by atoms with Gasteiger partial charge >= 0.3 is 5.97 Å². The lowest BCUT2D eigenvalue weighted by Crippen LogP contribution is -2.43. The fourth-order valence-corrected chi connectivity index (χ4v) is 3.19. The van der Waals surface area contributed by atoms with Crippen LogP contribution in [0.25, 0.3) is 0 Å². The first-order valence-corrected chi connectivity index (χ1v) is 7.21. The van der Waals surface area contributed by atoms with Gasteiger partial charge in [-0.25, -0.2) is 8.42 Å². The molecule has 2 N–H and O–H groups in total. The second-order valence-electron chi connectivity index (χ2n) is 3.54. The third-order valence-corrected chi connectivity index (χ3v) is 4.30. The summed E-state index contributed by atoms with van der Waals surface area (Å²) in [4.78, 5) is 10.6. The maximum atomic E-state index is 12.0. The Bertz CT molecular complexity index is 575. The van der Waals surface area contributed by atoms with Gasteiger partial charge in [-0.1, -0.05) is 23.2 Å². The lowest BCUT2D eigenvalue weighted by atomic mass is 10.3. The molecular formula is C10H11Cl2NO5S. The normalized spacial score (nSPS) is 13.2. The topological polar surface area (TPSA) is 92.7 Å². The molecule has 0 aliphatic carbocycles. The number of methoxy groups -OCH3 is 1. The summed E-state index contributed by atoms with van der Waals surface area (Å²) >= 11 is 11.5. The van der Waals surface area contributed by atoms with Crippen LogP contribution in [0.2, 0.25) is 10.0 Å². The molecule has 0 bridgehead atoms. The van der Waals surface area contributed by atoms with Crippen LogP contribution in [0.1, 0.15) is 0 Å². The Hall–Kier alpha value is -0.860. The van der Waals surface area contributed by atoms with Crippen LogP contribution in [0.4, 0.5) is 0 Å². The molecule has 1 unspecified atom stereocenters. The highest BCUT2D eigenvalue weighted by Crippen LogP contribution is 2.24. The van der Waals surface area contributed by atoms with Gasteiger partial charge in [0.15, 0.2) is 0 Å². The fraction of sp³-hybridized carbons (Fsp3) is 0.300. The largest absolute Gasteiger partial charge is 0.480 e. The van der Waals surface area contributed by atoms with Crippen LogP contribution in [0.15, 0.2) is 23.1 Å². The molecule has 1 aromatic rings. The van der Waals surface area contributed by atoms with Crippen molar-refractivity contribution in [3.8, 4) is 0 Å². The number of aliphatic carboxylic acids is 1. The number of carboxylic acids is 1. The highest BCUT2D eigenvalue weighted by Gasteiger charge is 2.27. The molecule has 9 heteroatoms. The fourth-order valence-electron chi connectivity index (χ4n) is 1.26. The third kappa shape index (κ3) is 4.32. The van der Waals surface area contributed by atoms with Crippen LogP contribution in [-0.2, 0) is 19.6 Å². The zero-order valence-corrected chi connectivity index (χ0v) is 12.1. The Morgan fingerprint density at radius 1 is 1.47 bits per heavy atom. The number of benzene rings is 1. The number of rotatable bonds is 6. The van der Waals surface area contributed by atoms with Gasteiger partial charge in [0.2, 0.25) is 10.0 Å². The van der Waals surface area contributed by atoms with E-state index in [1.807, 2.05) is 4.72 Å². The molecule has 1 rings (SSSR count). The zero-order chi connectivity index (χ0) is 14.6. The van der Waals surface area contributed by atoms with E-state index in [4.69, 9.17) is 28.3 Å². The number of hydrogen-bond acceptors (Lipinski definition) is 4. The number of carbonyl (C=O) groups is 1. The van der Waals surface area contributed by atoms with E-state index in [2.05, 4.69) is 4.74 Å². The van der Waals surface area contributed by atoms with Crippen LogP contribution < -0.4 is 4.72 Å². The minimum atomic E-state index is -4.11. The zero-order valence-electron chi connectivity index (χ0n) is 9.76. The van der Waals surface area contributed by atoms with Crippen molar-refractivity contribution < 1.29 is 23.1 Å². The van der Waals surface area contributed by atoms with Crippen LogP contribution in [0, 0.1) is 0 Å². The highest BCUT2D eigenvalue weighted by molar-refractivity contribution is 7.89. The first-order chi connectivity index (χ1) is 8.77. The number of carboxylic acid groups (broad SMARTS) is 1. The van der Waals surface area contributed by atoms with E-state index >= 15 is 0 Å². The minimum Gasteiger partial charge on any atom is -0.480 e. The van der Waals surface area contributed by atoms with Crippen LogP contribution >= 0.6 is 23.2 Å². The molecule has 0 aliphatic heterocycles. The Kier molecular flexibility index (Phi) is 5.57. The van der Waals surface area contributed by atoms with Gasteiger partial charge in [0, 0.05) is 12.1 Å². The second-order valence-corrected chi connectivity index (χ2v) is 6.07. The summed E-state index contributed by atoms with van der Waals surface area (Å²) < 4.78 is 30.7. The van der Waals surface area contributed by atoms with E-state index in [0.717, 1.165) is 6.07 Å². The molecule has 19 heavy (non-hydrogen) atoms. The molecule has 0 aromatic heterocycles. The summed E-state index contributed by atoms with van der Waals surface area (Å²) in [5.41, 5.74) is 0. The van der Waals surface area contributed by atoms with E-state index in [0.29, 0.717) is 0 Å². The first kappa shape index (κ1) is 16.2. The molecule has 1 atom stereocenters. The summed E-state index contributed by atoms with van der Waals surface area (Å²) in [5, 5.41) is 8.99. The lowest BCUT2D eigenvalue weighted by Gasteiger charge is -2.14. The van der Waals surface area contributed by atoms with E-state index in [1.54, 1.807) is 0 Å². The smallest absolute Gasteiger partial charge is 0.324 e. The van der Waals surface area contributed by atoms with Gasteiger partial charge in [-0.2, -0.15) is 4.72 Å². The first-order valence-electron chi connectivity index (χ1n) is 4.97. The molecule has 0 saturated carbocycles. The molecule has 106 valence electrons. The van der Waals surface area contributed by atoms with Gasteiger partial charge in [0.25, 0.3) is 0 Å². The van der Waals surface area contributed by atoms with Crippen molar-refractivity contribution >= 4 is 39.2 Å². The van der Waals surface area contributed by atoms with Crippen molar-refractivity contribution in [2.75, 3.05) is 13.7 Å². The van der Waals surface area contributed by atoms with Gasteiger partial charge in [0.05, 0.1) is 11.6 Å². The second kappa shape index (κ2) is 6.53. The number of hydrogen-bond donors (Lipinski definition) is 2. The summed E-state index contributed by atoms with van der Waals surface area (Å²) in [6.45, 7) is -0.313. The van der Waals surface area contributed by atoms with E-state index in [-0.39, 0.29) is 21.5 Å². The van der Waals surface area contributed by atoms with Crippen molar-refractivity contribution in [2.24, 2.45) is 0 Å². The average Bonchev–Trinajstić information content (AvgIpc) is 2.31. The van der Waals surface area contributed by atoms with Gasteiger partial charge in [-0.15, -0.1) is 0 Å². The van der Waals surface area contributed by atoms with E-state index in [1.165, 1.54) is 19.2 Å². The van der Waals surface area contributed by atoms with Crippen LogP contribution in [0.5, 0.6) is 0 Å². The summed E-state index contributed by atoms with van der Waals surface area (Å²) in [6, 6.07) is 2.46. The standard InChI is InChI=1S/C10H11Cl2NO5S/c1-18-5-8(10(14)15)13-19(16,17)9-4-6(11)2-3-7(9)12/h2-4,8,13H,5H2,1H3,(H,14,15). The van der Waals surface area contributed by atoms with Crippen LogP contribution in [-0.4, -0.2) is 39.3 Å². The SMILES string of the molecule is COCC(NS(=O)(=O)c1cc(Cl)ccc1Cl)C(=O)O. The molecule has 1 aromatic carbocycles. The Morgan fingerprint density at radius 3 is 2.63 bits per heavy atom. The molecular weight excluding hydrogens is 317 g/mol. The lowest BCUT2D eigenvalue weighted by molar-refractivity contribution is -0.140. The van der Waals surface area contributed by atoms with Crippen LogP contribution in [0.3, 0.4) is 0 Å². The van der Waals surface area contributed by atoms with Crippen molar-refractivity contribution in [2.45, 2.75) is 10.9 Å². The quantitative estimate of drug-likeness (QED) is 0.823. The molecule has 0 spiro atoms. The molecule has 0 heterocycles. The van der Waals surface area contributed by atoms with Crippen molar-refractivity contribution in [3.63, 3.8) is 0 Å². The molecule has 6 nitrogen and oxygen atoms in total. The van der Waals surface area contributed by atoms with E-state index in [9.17, 15) is 13.2 Å². The van der Waals surface area contributed by atoms with Crippen molar-refractivity contribution in [3.05, 3.63) is 28.2 Å². The minimum absolute atomic E-state index is 0.0570. The molecule has 0 radical (unpaired) electrons. The maximum Gasteiger partial charge on any atom is 0.324 e. The monoisotopic (exact) mass is 327 g/mol. The summed E-state index contributed by atoms with van der Waals surface area (Å²) in [5.74, 6) is -1.36. The maximum absolute atomic E-state index is 12.0. The average molecular weight is 328 g/mol. The molecule has 0 saturated heterocycles. The van der Waals surface area contributed by atoms with Crippen molar-refractivity contribution in [1.29, 1.82) is 0 Å². The number of ether oxygens (including phenoxy) is 1. The summed E-state index contributed by atoms with van der Waals surface area (Å²) in [7, 11) is -2.85. The van der Waals surface area contributed by atoms with Gasteiger partial charge < -0.3 is 9.84 Å². The predicted octanol–water partition coefficient (Wildman–Crippen LogP) is 1.37. The van der Waals surface area contributed by atoms with E-state index < -0.39 is 22.0 Å². The third-order valence-electron chi connectivity index (χ3n) is 2.11. The Labute approximate surface area is 120 Å². The predicted molar refractivity (Wildman–Crippen MR) is 70.1 cm³/mol. The summed E-state index contributed by atoms with van der Waals surface area (Å²) in [6.07, 6.45) is 0. The Morgan fingerprint density at radius 2 is 2.11 bits per heavy atom. The molecule has 0 aliphatic rings. The number of nitrogens with one attached hydrogen (secondary N) is 1. The van der Waals surface area contributed by atoms with Gasteiger partial charge in [0.1, 0.15) is 10.9 Å². The number of sulfonamides is 1. The van der Waals surface area contributed by atoms with Gasteiger partial charge in [-0.05, 0) is 18.2 Å².